The van der Waals surface area contributed by atoms with Gasteiger partial charge < -0.3 is 15.2 Å². The summed E-state index contributed by atoms with van der Waals surface area (Å²) in [6.07, 6.45) is 4.58. The number of benzene rings is 1. The number of carbonyl (C=O) groups is 1. The highest BCUT2D eigenvalue weighted by Crippen LogP contribution is 2.17. The summed E-state index contributed by atoms with van der Waals surface area (Å²) in [5.74, 6) is -0.0189. The van der Waals surface area contributed by atoms with Crippen LogP contribution in [0.1, 0.15) is 12.0 Å². The van der Waals surface area contributed by atoms with Crippen LogP contribution in [-0.4, -0.2) is 30.3 Å². The van der Waals surface area contributed by atoms with Crippen molar-refractivity contribution >= 4 is 17.5 Å². The average molecular weight is 296 g/mol. The van der Waals surface area contributed by atoms with Crippen molar-refractivity contribution in [2.45, 2.75) is 19.1 Å². The van der Waals surface area contributed by atoms with Crippen LogP contribution in [0.3, 0.4) is 0 Å². The van der Waals surface area contributed by atoms with Gasteiger partial charge in [-0.3, -0.25) is 4.79 Å². The Morgan fingerprint density at radius 1 is 1.40 bits per heavy atom. The molecule has 4 nitrogen and oxygen atoms in total. The number of halogens is 1. The molecule has 0 saturated heterocycles. The molecule has 0 saturated carbocycles. The zero-order valence-corrected chi connectivity index (χ0v) is 11.8. The number of nitrogens with one attached hydrogen (secondary N) is 1. The summed E-state index contributed by atoms with van der Waals surface area (Å²) < 4.78 is 5.36. The molecule has 1 aromatic rings. The van der Waals surface area contributed by atoms with E-state index in [1.807, 2.05) is 30.4 Å². The molecule has 2 N–H and O–H groups in total. The fourth-order valence-corrected chi connectivity index (χ4v) is 2.32. The maximum atomic E-state index is 11.7. The summed E-state index contributed by atoms with van der Waals surface area (Å²) >= 11 is 6.00. The second kappa shape index (κ2) is 7.43. The van der Waals surface area contributed by atoms with Crippen LogP contribution in [-0.2, 0) is 16.1 Å². The molecule has 1 aliphatic carbocycles. The number of carbonyl (C=O) groups excluding carboxylic acids is 1. The Hall–Kier alpha value is -1.36. The molecule has 1 aliphatic rings. The maximum Gasteiger partial charge on any atom is 0.246 e. The van der Waals surface area contributed by atoms with E-state index in [0.717, 1.165) is 12.0 Å². The van der Waals surface area contributed by atoms with Gasteiger partial charge in [-0.1, -0.05) is 42.0 Å². The van der Waals surface area contributed by atoms with Crippen LogP contribution in [0.25, 0.3) is 0 Å². The van der Waals surface area contributed by atoms with E-state index < -0.39 is 0 Å². The van der Waals surface area contributed by atoms with Crippen LogP contribution in [0.5, 0.6) is 0 Å². The zero-order valence-electron chi connectivity index (χ0n) is 11.1. The third-order valence-electron chi connectivity index (χ3n) is 3.20. The van der Waals surface area contributed by atoms with Gasteiger partial charge in [0.1, 0.15) is 6.61 Å². The van der Waals surface area contributed by atoms with E-state index in [-0.39, 0.29) is 31.1 Å². The Bertz CT molecular complexity index is 490. The number of hydrogen-bond acceptors (Lipinski definition) is 3. The van der Waals surface area contributed by atoms with Crippen molar-refractivity contribution in [3.05, 3.63) is 47.0 Å². The molecule has 0 aliphatic heterocycles. The summed E-state index contributed by atoms with van der Waals surface area (Å²) in [7, 11) is 0. The standard InChI is InChI=1S/C15H18ClNO3/c16-14-4-2-1-3-12(14)9-20-10-15(19)17-13-6-5-11(7-13)8-18/h1-6,11,13,18H,7-10H2,(H,17,19)/t11-,13+/m0/s1. The third kappa shape index (κ3) is 4.34. The molecule has 2 atom stereocenters. The van der Waals surface area contributed by atoms with Gasteiger partial charge in [0, 0.05) is 23.6 Å². The molecule has 1 aromatic carbocycles. The number of rotatable bonds is 6. The topological polar surface area (TPSA) is 58.6 Å². The highest BCUT2D eigenvalue weighted by Gasteiger charge is 2.19. The van der Waals surface area contributed by atoms with Crippen molar-refractivity contribution < 1.29 is 14.6 Å². The lowest BCUT2D eigenvalue weighted by Crippen LogP contribution is -2.35. The highest BCUT2D eigenvalue weighted by molar-refractivity contribution is 6.31. The molecule has 1 amide bonds. The van der Waals surface area contributed by atoms with Gasteiger partial charge in [-0.05, 0) is 18.1 Å². The van der Waals surface area contributed by atoms with E-state index in [4.69, 9.17) is 21.4 Å². The summed E-state index contributed by atoms with van der Waals surface area (Å²) in [5, 5.41) is 12.5. The molecule has 0 unspecified atom stereocenters. The number of aliphatic hydroxyl groups excluding tert-OH is 1. The summed E-state index contributed by atoms with van der Waals surface area (Å²) in [4.78, 5) is 11.7. The van der Waals surface area contributed by atoms with Gasteiger partial charge in [0.05, 0.1) is 6.61 Å². The lowest BCUT2D eigenvalue weighted by Gasteiger charge is -2.13. The Kier molecular flexibility index (Phi) is 5.59. The predicted molar refractivity (Wildman–Crippen MR) is 77.4 cm³/mol. The average Bonchev–Trinajstić information content (AvgIpc) is 2.88. The van der Waals surface area contributed by atoms with Gasteiger partial charge in [-0.2, -0.15) is 0 Å². The van der Waals surface area contributed by atoms with E-state index in [9.17, 15) is 4.79 Å². The number of amides is 1. The minimum atomic E-state index is -0.162. The lowest BCUT2D eigenvalue weighted by atomic mass is 10.1. The van der Waals surface area contributed by atoms with E-state index in [2.05, 4.69) is 5.32 Å². The first-order valence-corrected chi connectivity index (χ1v) is 6.96. The van der Waals surface area contributed by atoms with Crippen LogP contribution < -0.4 is 5.32 Å². The van der Waals surface area contributed by atoms with Crippen molar-refractivity contribution in [3.8, 4) is 0 Å². The molecular formula is C15H18ClNO3. The van der Waals surface area contributed by atoms with Crippen molar-refractivity contribution in [2.24, 2.45) is 5.92 Å². The van der Waals surface area contributed by atoms with Crippen LogP contribution in [0.4, 0.5) is 0 Å². The Morgan fingerprint density at radius 3 is 2.90 bits per heavy atom. The van der Waals surface area contributed by atoms with E-state index in [0.29, 0.717) is 11.6 Å². The fourth-order valence-electron chi connectivity index (χ4n) is 2.13. The second-order valence-electron chi connectivity index (χ2n) is 4.82. The van der Waals surface area contributed by atoms with Crippen molar-refractivity contribution in [3.63, 3.8) is 0 Å². The molecule has 0 bridgehead atoms. The van der Waals surface area contributed by atoms with E-state index in [1.54, 1.807) is 6.07 Å². The third-order valence-corrected chi connectivity index (χ3v) is 3.57. The molecule has 5 heteroatoms. The number of ether oxygens (including phenoxy) is 1. The van der Waals surface area contributed by atoms with Gasteiger partial charge >= 0.3 is 0 Å². The lowest BCUT2D eigenvalue weighted by molar-refractivity contribution is -0.126. The molecular weight excluding hydrogens is 278 g/mol. The molecule has 0 radical (unpaired) electrons. The van der Waals surface area contributed by atoms with Crippen LogP contribution in [0, 0.1) is 5.92 Å². The van der Waals surface area contributed by atoms with E-state index in [1.165, 1.54) is 0 Å². The Morgan fingerprint density at radius 2 is 2.20 bits per heavy atom. The molecule has 0 fully saturated rings. The van der Waals surface area contributed by atoms with Crippen molar-refractivity contribution in [1.29, 1.82) is 0 Å². The summed E-state index contributed by atoms with van der Waals surface area (Å²) in [6.45, 7) is 0.429. The quantitative estimate of drug-likeness (QED) is 0.788. The van der Waals surface area contributed by atoms with Gasteiger partial charge in [0.2, 0.25) is 5.91 Å². The minimum Gasteiger partial charge on any atom is -0.396 e. The van der Waals surface area contributed by atoms with Gasteiger partial charge in [0.25, 0.3) is 0 Å². The Labute approximate surface area is 123 Å². The van der Waals surface area contributed by atoms with Crippen LogP contribution in [0.2, 0.25) is 5.02 Å². The smallest absolute Gasteiger partial charge is 0.246 e. The van der Waals surface area contributed by atoms with Gasteiger partial charge in [-0.15, -0.1) is 0 Å². The van der Waals surface area contributed by atoms with Crippen molar-refractivity contribution in [2.75, 3.05) is 13.2 Å². The van der Waals surface area contributed by atoms with Gasteiger partial charge in [-0.25, -0.2) is 0 Å². The van der Waals surface area contributed by atoms with Crippen LogP contribution >= 0.6 is 11.6 Å². The summed E-state index contributed by atoms with van der Waals surface area (Å²) in [6, 6.07) is 7.37. The zero-order chi connectivity index (χ0) is 14.4. The predicted octanol–water partition coefficient (Wildman–Crippen LogP) is 1.91. The van der Waals surface area contributed by atoms with Gasteiger partial charge in [0.15, 0.2) is 0 Å². The highest BCUT2D eigenvalue weighted by atomic mass is 35.5. The first-order valence-electron chi connectivity index (χ1n) is 6.58. The first-order chi connectivity index (χ1) is 9.69. The molecule has 108 valence electrons. The largest absolute Gasteiger partial charge is 0.396 e. The molecule has 0 aromatic heterocycles. The molecule has 20 heavy (non-hydrogen) atoms. The normalized spacial score (nSPS) is 21.1. The maximum absolute atomic E-state index is 11.7. The summed E-state index contributed by atoms with van der Waals surface area (Å²) in [5.41, 5.74) is 0.864. The second-order valence-corrected chi connectivity index (χ2v) is 5.23. The van der Waals surface area contributed by atoms with Crippen molar-refractivity contribution in [1.82, 2.24) is 5.32 Å². The SMILES string of the molecule is O=C(COCc1ccccc1Cl)N[C@@H]1C=C[C@H](CO)C1. The number of aliphatic hydroxyl groups is 1. The Balaban J connectivity index is 1.69. The fraction of sp³-hybridized carbons (Fsp3) is 0.400. The molecule has 0 spiro atoms. The number of hydrogen-bond donors (Lipinski definition) is 2. The van der Waals surface area contributed by atoms with E-state index >= 15 is 0 Å². The molecule has 2 rings (SSSR count). The molecule has 0 heterocycles. The first kappa shape index (κ1) is 15.0. The monoisotopic (exact) mass is 295 g/mol. The van der Waals surface area contributed by atoms with Crippen LogP contribution in [0.15, 0.2) is 36.4 Å². The minimum absolute atomic E-state index is 0.000640.